The van der Waals surface area contributed by atoms with Crippen LogP contribution in [-0.2, 0) is 20.7 Å². The van der Waals surface area contributed by atoms with E-state index >= 15 is 0 Å². The van der Waals surface area contributed by atoms with Crippen molar-refractivity contribution in [1.29, 1.82) is 0 Å². The highest BCUT2D eigenvalue weighted by Crippen LogP contribution is 2.35. The first kappa shape index (κ1) is 18.1. The van der Waals surface area contributed by atoms with E-state index in [1.54, 1.807) is 6.26 Å². The fourth-order valence-corrected chi connectivity index (χ4v) is 4.69. The van der Waals surface area contributed by atoms with Crippen LogP contribution in [0.5, 0.6) is 0 Å². The molecule has 2 aliphatic rings. The van der Waals surface area contributed by atoms with Crippen LogP contribution >= 0.6 is 0 Å². The van der Waals surface area contributed by atoms with E-state index in [9.17, 15) is 9.59 Å². The molecule has 4 rings (SSSR count). The van der Waals surface area contributed by atoms with Gasteiger partial charge in [0.25, 0.3) is 5.91 Å². The number of rotatable bonds is 4. The molecule has 0 radical (unpaired) electrons. The third-order valence-corrected chi connectivity index (χ3v) is 6.07. The standard InChI is InChI=1S/C22H27NO4/c1-15-8-9-18-17(13-26-20(18)11-15)12-22(25)27-14-21(24)23-10-4-6-16-5-2-3-7-19(16)23/h8-9,11,13,16,19H,2-7,10,12,14H2,1H3/t16-,19-/m0/s1. The first-order valence-corrected chi connectivity index (χ1v) is 10.0. The summed E-state index contributed by atoms with van der Waals surface area (Å²) in [4.78, 5) is 26.9. The summed E-state index contributed by atoms with van der Waals surface area (Å²) in [6.45, 7) is 2.64. The lowest BCUT2D eigenvalue weighted by Crippen LogP contribution is -2.50. The number of benzene rings is 1. The lowest BCUT2D eigenvalue weighted by Gasteiger charge is -2.44. The number of esters is 1. The number of fused-ring (bicyclic) bond motifs is 2. The van der Waals surface area contributed by atoms with Crippen LogP contribution in [0, 0.1) is 12.8 Å². The van der Waals surface area contributed by atoms with Gasteiger partial charge in [-0.15, -0.1) is 0 Å². The first-order chi connectivity index (χ1) is 13.1. The van der Waals surface area contributed by atoms with Crippen molar-refractivity contribution >= 4 is 22.8 Å². The van der Waals surface area contributed by atoms with Crippen molar-refractivity contribution in [3.63, 3.8) is 0 Å². The van der Waals surface area contributed by atoms with Gasteiger partial charge in [0.1, 0.15) is 5.58 Å². The molecule has 1 aromatic heterocycles. The molecule has 2 fully saturated rings. The Morgan fingerprint density at radius 1 is 1.19 bits per heavy atom. The molecule has 5 nitrogen and oxygen atoms in total. The Hall–Kier alpha value is -2.30. The minimum atomic E-state index is -0.385. The zero-order valence-corrected chi connectivity index (χ0v) is 15.9. The second-order valence-corrected chi connectivity index (χ2v) is 7.94. The maximum absolute atomic E-state index is 12.6. The molecule has 2 heterocycles. The van der Waals surface area contributed by atoms with Crippen LogP contribution in [0.4, 0.5) is 0 Å². The van der Waals surface area contributed by atoms with Crippen molar-refractivity contribution in [2.24, 2.45) is 5.92 Å². The molecule has 144 valence electrons. The Balaban J connectivity index is 1.33. The molecule has 27 heavy (non-hydrogen) atoms. The second-order valence-electron chi connectivity index (χ2n) is 7.94. The zero-order chi connectivity index (χ0) is 18.8. The van der Waals surface area contributed by atoms with Crippen LogP contribution in [0.25, 0.3) is 11.0 Å². The van der Waals surface area contributed by atoms with Crippen LogP contribution in [0.3, 0.4) is 0 Å². The number of ether oxygens (including phenoxy) is 1. The van der Waals surface area contributed by atoms with Gasteiger partial charge in [0, 0.05) is 23.5 Å². The van der Waals surface area contributed by atoms with Crippen molar-refractivity contribution in [1.82, 2.24) is 4.90 Å². The molecular weight excluding hydrogens is 342 g/mol. The first-order valence-electron chi connectivity index (χ1n) is 10.0. The van der Waals surface area contributed by atoms with Gasteiger partial charge in [-0.05, 0) is 50.2 Å². The topological polar surface area (TPSA) is 59.8 Å². The molecule has 2 atom stereocenters. The van der Waals surface area contributed by atoms with Crippen LogP contribution < -0.4 is 0 Å². The van der Waals surface area contributed by atoms with Gasteiger partial charge < -0.3 is 14.1 Å². The minimum absolute atomic E-state index is 0.0485. The van der Waals surface area contributed by atoms with E-state index in [1.807, 2.05) is 30.0 Å². The average molecular weight is 369 g/mol. The number of amides is 1. The molecule has 0 unspecified atom stereocenters. The van der Waals surface area contributed by atoms with Gasteiger partial charge in [0.05, 0.1) is 12.7 Å². The molecule has 5 heteroatoms. The highest BCUT2D eigenvalue weighted by Gasteiger charge is 2.35. The van der Waals surface area contributed by atoms with Gasteiger partial charge >= 0.3 is 5.97 Å². The number of likely N-dealkylation sites (tertiary alicyclic amines) is 1. The Labute approximate surface area is 159 Å². The molecule has 2 aromatic rings. The Morgan fingerprint density at radius 2 is 2.00 bits per heavy atom. The summed E-state index contributed by atoms with van der Waals surface area (Å²) in [7, 11) is 0. The maximum Gasteiger partial charge on any atom is 0.310 e. The molecular formula is C22H27NO4. The molecule has 1 saturated carbocycles. The molecule has 0 spiro atoms. The van der Waals surface area contributed by atoms with Crippen LogP contribution in [0.15, 0.2) is 28.9 Å². The van der Waals surface area contributed by atoms with Gasteiger partial charge in [0.2, 0.25) is 0 Å². The fourth-order valence-electron chi connectivity index (χ4n) is 4.69. The van der Waals surface area contributed by atoms with E-state index < -0.39 is 0 Å². The van der Waals surface area contributed by atoms with Gasteiger partial charge in [-0.2, -0.15) is 0 Å². The number of hydrogen-bond donors (Lipinski definition) is 0. The highest BCUT2D eigenvalue weighted by atomic mass is 16.5. The van der Waals surface area contributed by atoms with Crippen LogP contribution in [0.2, 0.25) is 0 Å². The molecule has 1 aromatic carbocycles. The van der Waals surface area contributed by atoms with Crippen molar-refractivity contribution in [2.45, 2.75) is 57.9 Å². The normalized spacial score (nSPS) is 22.5. The number of carbonyl (C=O) groups is 2. The molecule has 0 N–H and O–H groups in total. The number of piperidine rings is 1. The summed E-state index contributed by atoms with van der Waals surface area (Å²) in [6.07, 6.45) is 8.78. The number of hydrogen-bond acceptors (Lipinski definition) is 4. The van der Waals surface area contributed by atoms with Crippen LogP contribution in [0.1, 0.15) is 49.7 Å². The van der Waals surface area contributed by atoms with Gasteiger partial charge in [0.15, 0.2) is 6.61 Å². The SMILES string of the molecule is Cc1ccc2c(CC(=O)OCC(=O)N3CCC[C@@H]4CCCC[C@@H]43)coc2c1. The molecule has 1 amide bonds. The lowest BCUT2D eigenvalue weighted by molar-refractivity contribution is -0.154. The Bertz CT molecular complexity index is 838. The Morgan fingerprint density at radius 3 is 2.89 bits per heavy atom. The number of furan rings is 1. The zero-order valence-electron chi connectivity index (χ0n) is 15.9. The van der Waals surface area contributed by atoms with Gasteiger partial charge in [-0.3, -0.25) is 9.59 Å². The fraction of sp³-hybridized carbons (Fsp3) is 0.545. The van der Waals surface area contributed by atoms with Gasteiger partial charge in [-0.1, -0.05) is 25.0 Å². The second kappa shape index (κ2) is 7.75. The summed E-state index contributed by atoms with van der Waals surface area (Å²) in [5.74, 6) is 0.198. The molecule has 0 bridgehead atoms. The quantitative estimate of drug-likeness (QED) is 0.764. The van der Waals surface area contributed by atoms with Crippen molar-refractivity contribution in [2.75, 3.05) is 13.2 Å². The predicted octanol–water partition coefficient (Wildman–Crippen LogP) is 4.01. The summed E-state index contributed by atoms with van der Waals surface area (Å²) >= 11 is 0. The van der Waals surface area contributed by atoms with E-state index in [1.165, 1.54) is 25.7 Å². The van der Waals surface area contributed by atoms with Crippen molar-refractivity contribution in [3.05, 3.63) is 35.6 Å². The third-order valence-electron chi connectivity index (χ3n) is 6.07. The lowest BCUT2D eigenvalue weighted by atomic mass is 9.78. The predicted molar refractivity (Wildman–Crippen MR) is 102 cm³/mol. The summed E-state index contributed by atoms with van der Waals surface area (Å²) in [5.41, 5.74) is 2.68. The van der Waals surface area contributed by atoms with E-state index in [0.29, 0.717) is 12.0 Å². The van der Waals surface area contributed by atoms with E-state index in [0.717, 1.165) is 41.5 Å². The maximum atomic E-state index is 12.6. The summed E-state index contributed by atoms with van der Waals surface area (Å²) in [6, 6.07) is 6.25. The largest absolute Gasteiger partial charge is 0.464 e. The van der Waals surface area contributed by atoms with Crippen LogP contribution in [-0.4, -0.2) is 36.0 Å². The number of aryl methyl sites for hydroxylation is 1. The van der Waals surface area contributed by atoms with E-state index in [4.69, 9.17) is 9.15 Å². The number of nitrogens with zero attached hydrogens (tertiary/aromatic N) is 1. The monoisotopic (exact) mass is 369 g/mol. The third kappa shape index (κ3) is 3.87. The Kier molecular flexibility index (Phi) is 5.19. The van der Waals surface area contributed by atoms with E-state index in [-0.39, 0.29) is 24.9 Å². The van der Waals surface area contributed by atoms with E-state index in [2.05, 4.69) is 0 Å². The molecule has 1 saturated heterocycles. The summed E-state index contributed by atoms with van der Waals surface area (Å²) in [5, 5.41) is 0.921. The molecule has 1 aliphatic carbocycles. The van der Waals surface area contributed by atoms with Gasteiger partial charge in [-0.25, -0.2) is 0 Å². The molecule has 1 aliphatic heterocycles. The highest BCUT2D eigenvalue weighted by molar-refractivity contribution is 5.87. The minimum Gasteiger partial charge on any atom is -0.464 e. The average Bonchev–Trinajstić information content (AvgIpc) is 3.07. The summed E-state index contributed by atoms with van der Waals surface area (Å²) < 4.78 is 10.8. The smallest absolute Gasteiger partial charge is 0.310 e. The van der Waals surface area contributed by atoms with Crippen molar-refractivity contribution < 1.29 is 18.7 Å². The van der Waals surface area contributed by atoms with Crippen molar-refractivity contribution in [3.8, 4) is 0 Å². The number of carbonyl (C=O) groups excluding carboxylic acids is 2.